The van der Waals surface area contributed by atoms with E-state index in [2.05, 4.69) is 22.9 Å². The molecule has 1 aromatic heterocycles. The van der Waals surface area contributed by atoms with Gasteiger partial charge in [-0.15, -0.1) is 0 Å². The summed E-state index contributed by atoms with van der Waals surface area (Å²) in [5.74, 6) is 0.693. The van der Waals surface area contributed by atoms with Crippen molar-refractivity contribution in [3.63, 3.8) is 0 Å². The molecule has 1 aliphatic rings. The molecular formula is C12H15BrO2. The van der Waals surface area contributed by atoms with Crippen LogP contribution in [0.5, 0.6) is 0 Å². The molecule has 0 bridgehead atoms. The Labute approximate surface area is 98.2 Å². The average Bonchev–Trinajstić information content (AvgIpc) is 2.86. The first-order chi connectivity index (χ1) is 7.18. The lowest BCUT2D eigenvalue weighted by Crippen LogP contribution is -2.26. The molecular weight excluding hydrogens is 256 g/mol. The number of furan rings is 1. The fourth-order valence-electron chi connectivity index (χ4n) is 2.49. The third kappa shape index (κ3) is 1.89. The molecule has 1 aliphatic carbocycles. The Morgan fingerprint density at radius 3 is 2.60 bits per heavy atom. The molecule has 1 heterocycles. The SMILES string of the molecule is CCC1(C(=O)c2ccc(Br)o2)CCCC1. The van der Waals surface area contributed by atoms with Crippen LogP contribution in [0.25, 0.3) is 0 Å². The van der Waals surface area contributed by atoms with E-state index in [9.17, 15) is 4.79 Å². The van der Waals surface area contributed by atoms with Gasteiger partial charge in [0, 0.05) is 5.41 Å². The standard InChI is InChI=1S/C12H15BrO2/c1-2-12(7-3-4-8-12)11(14)9-5-6-10(13)15-9/h5-6H,2-4,7-8H2,1H3. The minimum Gasteiger partial charge on any atom is -0.446 e. The van der Waals surface area contributed by atoms with Crippen LogP contribution in [0.2, 0.25) is 0 Å². The summed E-state index contributed by atoms with van der Waals surface area (Å²) in [6.45, 7) is 2.10. The van der Waals surface area contributed by atoms with Crippen molar-refractivity contribution >= 4 is 21.7 Å². The van der Waals surface area contributed by atoms with Crippen molar-refractivity contribution < 1.29 is 9.21 Å². The summed E-state index contributed by atoms with van der Waals surface area (Å²) in [4.78, 5) is 12.3. The number of carbonyl (C=O) groups excluding carboxylic acids is 1. The molecule has 0 saturated heterocycles. The highest BCUT2D eigenvalue weighted by atomic mass is 79.9. The molecule has 1 saturated carbocycles. The number of hydrogen-bond donors (Lipinski definition) is 0. The maximum absolute atomic E-state index is 12.3. The highest BCUT2D eigenvalue weighted by Gasteiger charge is 2.40. The van der Waals surface area contributed by atoms with Crippen molar-refractivity contribution in [1.29, 1.82) is 0 Å². The van der Waals surface area contributed by atoms with Gasteiger partial charge in [0.2, 0.25) is 5.78 Å². The van der Waals surface area contributed by atoms with Gasteiger partial charge < -0.3 is 4.42 Å². The van der Waals surface area contributed by atoms with E-state index in [1.807, 2.05) is 0 Å². The van der Waals surface area contributed by atoms with Crippen molar-refractivity contribution in [1.82, 2.24) is 0 Å². The second-order valence-electron chi connectivity index (χ2n) is 4.27. The monoisotopic (exact) mass is 270 g/mol. The molecule has 0 aliphatic heterocycles. The summed E-state index contributed by atoms with van der Waals surface area (Å²) < 4.78 is 5.99. The van der Waals surface area contributed by atoms with E-state index in [0.29, 0.717) is 10.4 Å². The van der Waals surface area contributed by atoms with Gasteiger partial charge in [-0.1, -0.05) is 19.8 Å². The van der Waals surface area contributed by atoms with E-state index in [4.69, 9.17) is 4.42 Å². The molecule has 0 atom stereocenters. The van der Waals surface area contributed by atoms with Gasteiger partial charge in [-0.3, -0.25) is 4.79 Å². The zero-order valence-electron chi connectivity index (χ0n) is 8.88. The van der Waals surface area contributed by atoms with Crippen LogP contribution in [0.1, 0.15) is 49.6 Å². The molecule has 1 aromatic rings. The normalized spacial score (nSPS) is 19.3. The van der Waals surface area contributed by atoms with Crippen LogP contribution in [0.15, 0.2) is 21.2 Å². The molecule has 0 N–H and O–H groups in total. The van der Waals surface area contributed by atoms with Crippen molar-refractivity contribution in [2.45, 2.75) is 39.0 Å². The van der Waals surface area contributed by atoms with E-state index >= 15 is 0 Å². The highest BCUT2D eigenvalue weighted by molar-refractivity contribution is 9.10. The van der Waals surface area contributed by atoms with Gasteiger partial charge in [0.05, 0.1) is 0 Å². The lowest BCUT2D eigenvalue weighted by Gasteiger charge is -2.24. The third-order valence-corrected chi connectivity index (χ3v) is 3.94. The molecule has 0 spiro atoms. The minimum atomic E-state index is -0.142. The molecule has 0 amide bonds. The summed E-state index contributed by atoms with van der Waals surface area (Å²) in [7, 11) is 0. The van der Waals surface area contributed by atoms with Gasteiger partial charge in [-0.05, 0) is 47.3 Å². The maximum Gasteiger partial charge on any atom is 0.204 e. The summed E-state index contributed by atoms with van der Waals surface area (Å²) >= 11 is 3.23. The first-order valence-electron chi connectivity index (χ1n) is 5.48. The first-order valence-corrected chi connectivity index (χ1v) is 6.27. The summed E-state index contributed by atoms with van der Waals surface area (Å²) in [5.41, 5.74) is -0.142. The molecule has 1 fully saturated rings. The van der Waals surface area contributed by atoms with Crippen molar-refractivity contribution in [3.05, 3.63) is 22.6 Å². The Hall–Kier alpha value is -0.570. The molecule has 15 heavy (non-hydrogen) atoms. The highest BCUT2D eigenvalue weighted by Crippen LogP contribution is 2.43. The van der Waals surface area contributed by atoms with Crippen molar-refractivity contribution in [2.75, 3.05) is 0 Å². The lowest BCUT2D eigenvalue weighted by atomic mass is 9.78. The van der Waals surface area contributed by atoms with Crippen LogP contribution < -0.4 is 0 Å². The van der Waals surface area contributed by atoms with Crippen LogP contribution in [0.4, 0.5) is 0 Å². The number of ketones is 1. The Morgan fingerprint density at radius 2 is 2.13 bits per heavy atom. The predicted octanol–water partition coefficient (Wildman–Crippen LogP) is 4.20. The second-order valence-corrected chi connectivity index (χ2v) is 5.06. The van der Waals surface area contributed by atoms with E-state index in [0.717, 1.165) is 19.3 Å². The summed E-state index contributed by atoms with van der Waals surface area (Å²) in [6, 6.07) is 3.55. The molecule has 2 nitrogen and oxygen atoms in total. The van der Waals surface area contributed by atoms with Gasteiger partial charge in [-0.2, -0.15) is 0 Å². The topological polar surface area (TPSA) is 30.2 Å². The molecule has 0 radical (unpaired) electrons. The number of rotatable bonds is 3. The largest absolute Gasteiger partial charge is 0.446 e. The van der Waals surface area contributed by atoms with Crippen LogP contribution in [-0.4, -0.2) is 5.78 Å². The minimum absolute atomic E-state index is 0.142. The molecule has 0 unspecified atom stereocenters. The zero-order chi connectivity index (χ0) is 10.9. The van der Waals surface area contributed by atoms with Crippen molar-refractivity contribution in [3.8, 4) is 0 Å². The molecule has 2 rings (SSSR count). The Morgan fingerprint density at radius 1 is 1.47 bits per heavy atom. The van der Waals surface area contributed by atoms with E-state index in [-0.39, 0.29) is 11.2 Å². The quantitative estimate of drug-likeness (QED) is 0.771. The second kappa shape index (κ2) is 4.12. The van der Waals surface area contributed by atoms with Crippen LogP contribution in [0, 0.1) is 5.41 Å². The van der Waals surface area contributed by atoms with E-state index in [1.54, 1.807) is 12.1 Å². The van der Waals surface area contributed by atoms with Gasteiger partial charge >= 0.3 is 0 Å². The Bertz CT molecular complexity index is 361. The fourth-order valence-corrected chi connectivity index (χ4v) is 2.80. The molecule has 0 aromatic carbocycles. The lowest BCUT2D eigenvalue weighted by molar-refractivity contribution is 0.0759. The summed E-state index contributed by atoms with van der Waals surface area (Å²) in [5, 5.41) is 0. The van der Waals surface area contributed by atoms with E-state index < -0.39 is 0 Å². The van der Waals surface area contributed by atoms with Gasteiger partial charge in [0.15, 0.2) is 10.4 Å². The van der Waals surface area contributed by atoms with Gasteiger partial charge in [-0.25, -0.2) is 0 Å². The summed E-state index contributed by atoms with van der Waals surface area (Å²) in [6.07, 6.45) is 5.29. The zero-order valence-corrected chi connectivity index (χ0v) is 10.5. The Balaban J connectivity index is 2.26. The average molecular weight is 271 g/mol. The number of carbonyl (C=O) groups is 1. The van der Waals surface area contributed by atoms with Crippen molar-refractivity contribution in [2.24, 2.45) is 5.41 Å². The van der Waals surface area contributed by atoms with Crippen LogP contribution in [-0.2, 0) is 0 Å². The van der Waals surface area contributed by atoms with Crippen LogP contribution in [0.3, 0.4) is 0 Å². The predicted molar refractivity (Wildman–Crippen MR) is 61.9 cm³/mol. The third-order valence-electron chi connectivity index (χ3n) is 3.52. The number of Topliss-reactive ketones (excluding diaryl/α,β-unsaturated/α-hetero) is 1. The fraction of sp³-hybridized carbons (Fsp3) is 0.583. The smallest absolute Gasteiger partial charge is 0.204 e. The van der Waals surface area contributed by atoms with Crippen LogP contribution >= 0.6 is 15.9 Å². The van der Waals surface area contributed by atoms with Gasteiger partial charge in [0.25, 0.3) is 0 Å². The number of hydrogen-bond acceptors (Lipinski definition) is 2. The first kappa shape index (κ1) is 10.9. The Kier molecular flexibility index (Phi) is 3.01. The van der Waals surface area contributed by atoms with E-state index in [1.165, 1.54) is 12.8 Å². The maximum atomic E-state index is 12.3. The molecule has 82 valence electrons. The molecule has 3 heteroatoms. The van der Waals surface area contributed by atoms with Gasteiger partial charge in [0.1, 0.15) is 0 Å². The number of halogens is 1.